The topological polar surface area (TPSA) is 255 Å². The molecule has 3 aromatic carbocycles. The van der Waals surface area contributed by atoms with Crippen LogP contribution in [0.15, 0.2) is 69.3 Å². The molecule has 2 N–H and O–H groups in total. The predicted molar refractivity (Wildman–Crippen MR) is 248 cm³/mol. The second kappa shape index (κ2) is 30.5. The molecule has 2 radical (unpaired) electrons. The number of halogens is 3. The van der Waals surface area contributed by atoms with E-state index in [1.54, 1.807) is 6.07 Å². The number of nitrogen functional groups attached to an aromatic ring is 1. The zero-order valence-electron chi connectivity index (χ0n) is 34.9. The van der Waals surface area contributed by atoms with Gasteiger partial charge >= 0.3 is 11.4 Å². The number of nitro benzene ring substituents is 2. The minimum Gasteiger partial charge on any atom is -0.495 e. The molecule has 3 aromatic rings. The second-order valence-corrected chi connectivity index (χ2v) is 18.4. The summed E-state index contributed by atoms with van der Waals surface area (Å²) in [4.78, 5) is 29.3. The van der Waals surface area contributed by atoms with Gasteiger partial charge in [0.2, 0.25) is 20.0 Å². The van der Waals surface area contributed by atoms with Crippen LogP contribution >= 0.6 is 55.9 Å². The fourth-order valence-corrected chi connectivity index (χ4v) is 8.84. The number of hydrogen-bond donors (Lipinski definition) is 1. The maximum absolute atomic E-state index is 12.5. The number of anilines is 1. The van der Waals surface area contributed by atoms with Crippen LogP contribution in [0.2, 0.25) is 0 Å². The van der Waals surface area contributed by atoms with Gasteiger partial charge in [0.1, 0.15) is 5.75 Å². The van der Waals surface area contributed by atoms with Crippen LogP contribution in [0, 0.1) is 32.6 Å². The summed E-state index contributed by atoms with van der Waals surface area (Å²) in [6, 6.07) is 11.4. The molecule has 0 atom stereocenters. The number of ether oxygens (including phenoxy) is 3. The smallest absolute Gasteiger partial charge is 0.312 e. The number of benzene rings is 3. The SMILES string of the molecule is CI.COc1ccc(S(=O)(=O)Cl)cc1[N+](=O)[O-].COc1ccc(S(=O)(=O)N2CCN(C)CC2)cc1N.COc1ccc(S(=O)(=O)N2CCN(C)CC2)cc1[N+](=O)[O-].[CH2-]I.[CH3-].[V].[V]. The average molecular weight is 1250 g/mol. The number of hydrogen-bond acceptors (Lipinski definition) is 16. The largest absolute Gasteiger partial charge is 0.495 e. The number of piperazine rings is 2. The summed E-state index contributed by atoms with van der Waals surface area (Å²) in [5.74, 6) is 0.499. The molecule has 0 spiro atoms. The molecule has 0 aromatic heterocycles. The van der Waals surface area contributed by atoms with Gasteiger partial charge in [-0.3, -0.25) is 25.2 Å². The Morgan fingerprint density at radius 3 is 1.19 bits per heavy atom. The second-order valence-electron chi connectivity index (χ2n) is 11.9. The van der Waals surface area contributed by atoms with Gasteiger partial charge in [0, 0.05) is 112 Å². The van der Waals surface area contributed by atoms with Crippen molar-refractivity contribution < 1.29 is 86.4 Å². The number of nitrogens with two attached hydrogens (primary N) is 1. The van der Waals surface area contributed by atoms with Crippen molar-refractivity contribution in [2.24, 2.45) is 0 Å². The quantitative estimate of drug-likeness (QED) is 0.0533. The number of rotatable bonds is 10. The first-order chi connectivity index (χ1) is 27.7. The van der Waals surface area contributed by atoms with Crippen LogP contribution in [0.3, 0.4) is 0 Å². The molecular weight excluding hydrogens is 1200 g/mol. The Bertz CT molecular complexity index is 2210. The van der Waals surface area contributed by atoms with Crippen molar-refractivity contribution in [3.63, 3.8) is 0 Å². The fraction of sp³-hybridized carbons (Fsp3) is 0.412. The zero-order valence-corrected chi connectivity index (χ0v) is 45.2. The molecule has 62 heavy (non-hydrogen) atoms. The Balaban J connectivity index is -0.000000799. The van der Waals surface area contributed by atoms with E-state index in [4.69, 9.17) is 30.6 Å². The van der Waals surface area contributed by atoms with Crippen molar-refractivity contribution in [1.82, 2.24) is 18.4 Å². The number of likely N-dealkylation sites (N-methyl/N-ethyl adjacent to an activating group) is 2. The van der Waals surface area contributed by atoms with Crippen molar-refractivity contribution in [2.45, 2.75) is 14.7 Å². The Kier molecular flexibility index (Phi) is 31.7. The van der Waals surface area contributed by atoms with E-state index < -0.39 is 44.6 Å². The molecule has 2 aliphatic rings. The Labute approximate surface area is 420 Å². The van der Waals surface area contributed by atoms with Crippen molar-refractivity contribution in [1.29, 1.82) is 0 Å². The van der Waals surface area contributed by atoms with Crippen LogP contribution in [0.25, 0.3) is 0 Å². The van der Waals surface area contributed by atoms with E-state index in [2.05, 4.69) is 32.4 Å². The molecule has 2 aliphatic heterocycles. The van der Waals surface area contributed by atoms with Crippen LogP contribution in [-0.4, -0.2) is 146 Å². The van der Waals surface area contributed by atoms with E-state index >= 15 is 0 Å². The molecule has 2 fully saturated rings. The number of methoxy groups -OCH3 is 3. The van der Waals surface area contributed by atoms with Crippen molar-refractivity contribution in [2.75, 3.05) is 98.4 Å². The third kappa shape index (κ3) is 18.6. The Hall–Kier alpha value is -1.73. The predicted octanol–water partition coefficient (Wildman–Crippen LogP) is 4.99. The molecule has 0 amide bonds. The van der Waals surface area contributed by atoms with Gasteiger partial charge in [-0.05, 0) is 61.5 Å². The van der Waals surface area contributed by atoms with Gasteiger partial charge in [-0.1, -0.05) is 22.6 Å². The van der Waals surface area contributed by atoms with Gasteiger partial charge in [0.15, 0.2) is 11.5 Å². The number of sulfonamides is 2. The first-order valence-corrected chi connectivity index (χ1v) is 25.6. The molecule has 350 valence electrons. The standard InChI is InChI=1S/C12H17N3O5S.C12H19N3O3S.C7H6ClNO5S.CH3I.CH2I.CH3.2V/c1-13-5-7-14(8-6-13)21(18,19)10-3-4-12(20-2)11(9-10)15(16)17;1-14-5-7-15(8-6-14)19(16,17)10-3-4-12(18-2)11(13)9-10;1-14-7-3-2-5(15(8,12)13)4-6(7)9(10)11;2*1-2;;;/h3-4,9H,5-8H2,1-2H3;3-4,9H,5-8,13H2,1-2H3;2-4H,1H3;1H3;1H2;1H3;;/q;;;;2*-1;;. The molecule has 0 saturated carbocycles. The summed E-state index contributed by atoms with van der Waals surface area (Å²) >= 11 is 4.05. The molecule has 0 unspecified atom stereocenters. The summed E-state index contributed by atoms with van der Waals surface area (Å²) in [6.45, 7) is 4.51. The maximum Gasteiger partial charge on any atom is 0.312 e. The number of nitro groups is 2. The van der Waals surface area contributed by atoms with Crippen LogP contribution < -0.4 is 19.9 Å². The normalized spacial score (nSPS) is 14.5. The molecule has 0 bridgehead atoms. The zero-order chi connectivity index (χ0) is 45.3. The van der Waals surface area contributed by atoms with E-state index in [1.165, 1.54) is 60.3 Å². The van der Waals surface area contributed by atoms with E-state index in [0.29, 0.717) is 50.7 Å². The van der Waals surface area contributed by atoms with Gasteiger partial charge in [-0.2, -0.15) is 8.61 Å². The third-order valence-electron chi connectivity index (χ3n) is 8.38. The van der Waals surface area contributed by atoms with E-state index in [9.17, 15) is 45.5 Å². The number of nitrogens with zero attached hydrogens (tertiary/aromatic N) is 6. The Morgan fingerprint density at radius 2 is 0.903 bits per heavy atom. The van der Waals surface area contributed by atoms with Crippen LogP contribution in [-0.2, 0) is 66.2 Å². The summed E-state index contributed by atoms with van der Waals surface area (Å²) in [6.07, 6.45) is 0. The summed E-state index contributed by atoms with van der Waals surface area (Å²) in [7, 11) is 1.84. The monoisotopic (exact) mass is 1250 g/mol. The van der Waals surface area contributed by atoms with Gasteiger partial charge in [-0.25, -0.2) is 25.3 Å². The third-order valence-corrected chi connectivity index (χ3v) is 13.5. The van der Waals surface area contributed by atoms with E-state index in [0.717, 1.165) is 31.3 Å². The molecule has 20 nitrogen and oxygen atoms in total. The van der Waals surface area contributed by atoms with Gasteiger partial charge in [-0.15, -0.1) is 0 Å². The minimum atomic E-state index is -3.97. The molecule has 2 saturated heterocycles. The van der Waals surface area contributed by atoms with Gasteiger partial charge in [0.05, 0.1) is 51.5 Å². The van der Waals surface area contributed by atoms with Crippen molar-refractivity contribution >= 4 is 102 Å². The summed E-state index contributed by atoms with van der Waals surface area (Å²) in [5, 5.41) is 21.5. The van der Waals surface area contributed by atoms with Crippen molar-refractivity contribution in [3.05, 3.63) is 87.2 Å². The maximum atomic E-state index is 12.5. The van der Waals surface area contributed by atoms with Crippen LogP contribution in [0.5, 0.6) is 17.2 Å². The summed E-state index contributed by atoms with van der Waals surface area (Å²) in [5.41, 5.74) is 5.30. The minimum absolute atomic E-state index is 0. The van der Waals surface area contributed by atoms with Crippen LogP contribution in [0.1, 0.15) is 0 Å². The first kappa shape index (κ1) is 64.6. The molecule has 0 aliphatic carbocycles. The molecule has 5 rings (SSSR count). The van der Waals surface area contributed by atoms with Gasteiger partial charge < -0.3 is 59.8 Å². The molecular formula is C34H50ClI2N7O13S3V2-2. The van der Waals surface area contributed by atoms with Crippen LogP contribution in [0.4, 0.5) is 17.1 Å². The fourth-order valence-electron chi connectivity index (χ4n) is 5.17. The molecule has 28 heteroatoms. The van der Waals surface area contributed by atoms with E-state index in [1.807, 2.05) is 46.5 Å². The molecule has 2 heterocycles. The average Bonchev–Trinajstić information content (AvgIpc) is 3.22. The Morgan fingerprint density at radius 1 is 0.613 bits per heavy atom. The van der Waals surface area contributed by atoms with Crippen molar-refractivity contribution in [3.8, 4) is 17.2 Å². The van der Waals surface area contributed by atoms with E-state index in [-0.39, 0.29) is 76.4 Å². The summed E-state index contributed by atoms with van der Waals surface area (Å²) < 4.78 is 89.2. The number of alkyl halides is 1. The first-order valence-electron chi connectivity index (χ1n) is 16.7. The van der Waals surface area contributed by atoms with Gasteiger partial charge in [0.25, 0.3) is 9.05 Å².